The van der Waals surface area contributed by atoms with Crippen LogP contribution < -0.4 is 0 Å². The molecule has 0 saturated heterocycles. The van der Waals surface area contributed by atoms with Crippen LogP contribution in [0, 0.1) is 23.2 Å². The van der Waals surface area contributed by atoms with E-state index in [1.165, 1.54) is 38.5 Å². The minimum atomic E-state index is -1.71. The Morgan fingerprint density at radius 3 is 2.46 bits per heavy atom. The molecule has 2 saturated carbocycles. The minimum Gasteiger partial charge on any atom is -0.414 e. The van der Waals surface area contributed by atoms with Crippen LogP contribution in [0.15, 0.2) is 0 Å². The SMILES string of the molecule is CC(=O)CCC[C@@H](C)[C@H]1CC[C@H]2[C@@H](O[Si](C)(C)C(C)(C)C)CCC[C@]12C. The lowest BCUT2D eigenvalue weighted by atomic mass is 9.61. The van der Waals surface area contributed by atoms with Crippen LogP contribution in [0.5, 0.6) is 0 Å². The number of hydrogen-bond acceptors (Lipinski definition) is 2. The number of carbonyl (C=O) groups excluding carboxylic acids is 1. The van der Waals surface area contributed by atoms with Crippen molar-refractivity contribution in [1.29, 1.82) is 0 Å². The van der Waals surface area contributed by atoms with Gasteiger partial charge < -0.3 is 9.22 Å². The molecule has 5 atom stereocenters. The lowest BCUT2D eigenvalue weighted by molar-refractivity contribution is -0.117. The predicted molar refractivity (Wildman–Crippen MR) is 114 cm³/mol. The number of rotatable bonds is 7. The van der Waals surface area contributed by atoms with Crippen molar-refractivity contribution in [2.75, 3.05) is 0 Å². The van der Waals surface area contributed by atoms with Crippen LogP contribution in [0.2, 0.25) is 18.1 Å². The van der Waals surface area contributed by atoms with Crippen molar-refractivity contribution < 1.29 is 9.22 Å². The van der Waals surface area contributed by atoms with Gasteiger partial charge in [0.2, 0.25) is 0 Å². The number of ketones is 1. The van der Waals surface area contributed by atoms with Gasteiger partial charge in [-0.15, -0.1) is 0 Å². The highest BCUT2D eigenvalue weighted by Crippen LogP contribution is 2.59. The quantitative estimate of drug-likeness (QED) is 0.445. The smallest absolute Gasteiger partial charge is 0.192 e. The molecule has 0 aromatic carbocycles. The lowest BCUT2D eigenvalue weighted by Crippen LogP contribution is -2.50. The van der Waals surface area contributed by atoms with Gasteiger partial charge in [0.05, 0.1) is 0 Å². The molecule has 0 amide bonds. The van der Waals surface area contributed by atoms with E-state index < -0.39 is 8.32 Å². The van der Waals surface area contributed by atoms with Crippen molar-refractivity contribution in [2.24, 2.45) is 23.2 Å². The third kappa shape index (κ3) is 4.63. The van der Waals surface area contributed by atoms with Gasteiger partial charge in [0, 0.05) is 12.5 Å². The standard InChI is InChI=1S/C23H44O2Si/c1-17(11-9-12-18(2)24)19-14-15-20-21(13-10-16-23(19,20)6)25-26(7,8)22(3,4)5/h17,19-21H,9-16H2,1-8H3/t17-,19-,20+,21+,23-/m1/s1. The molecule has 2 fully saturated rings. The van der Waals surface area contributed by atoms with E-state index in [1.807, 2.05) is 0 Å². The highest BCUT2D eigenvalue weighted by Gasteiger charge is 2.54. The molecule has 26 heavy (non-hydrogen) atoms. The average molecular weight is 381 g/mol. The number of hydrogen-bond donors (Lipinski definition) is 0. The molecule has 0 unspecified atom stereocenters. The molecule has 0 aromatic rings. The second-order valence-corrected chi connectivity index (χ2v) is 15.9. The van der Waals surface area contributed by atoms with Crippen LogP contribution in [0.1, 0.15) is 92.9 Å². The van der Waals surface area contributed by atoms with Gasteiger partial charge in [-0.05, 0) is 80.3 Å². The Bertz CT molecular complexity index is 493. The molecule has 0 heterocycles. The third-order valence-electron chi connectivity index (χ3n) is 8.26. The van der Waals surface area contributed by atoms with Crippen LogP contribution in [-0.2, 0) is 9.22 Å². The molecule has 0 aromatic heterocycles. The summed E-state index contributed by atoms with van der Waals surface area (Å²) in [6.45, 7) is 18.6. The fraction of sp³-hybridized carbons (Fsp3) is 0.957. The van der Waals surface area contributed by atoms with Crippen LogP contribution in [-0.4, -0.2) is 20.2 Å². The largest absolute Gasteiger partial charge is 0.414 e. The van der Waals surface area contributed by atoms with Gasteiger partial charge in [0.25, 0.3) is 0 Å². The highest BCUT2D eigenvalue weighted by atomic mass is 28.4. The Morgan fingerprint density at radius 1 is 1.23 bits per heavy atom. The summed E-state index contributed by atoms with van der Waals surface area (Å²) in [6, 6.07) is 0. The van der Waals surface area contributed by atoms with Crippen molar-refractivity contribution in [2.45, 2.75) is 117 Å². The topological polar surface area (TPSA) is 26.3 Å². The Kier molecular flexibility index (Phi) is 6.87. The average Bonchev–Trinajstić information content (AvgIpc) is 2.83. The number of Topliss-reactive ketones (excluding diaryl/α,β-unsaturated/α-hetero) is 1. The fourth-order valence-electron chi connectivity index (χ4n) is 5.67. The van der Waals surface area contributed by atoms with Crippen molar-refractivity contribution in [3.8, 4) is 0 Å². The van der Waals surface area contributed by atoms with E-state index in [2.05, 4.69) is 47.7 Å². The van der Waals surface area contributed by atoms with Gasteiger partial charge in [0.1, 0.15) is 5.78 Å². The first-order chi connectivity index (χ1) is 11.9. The van der Waals surface area contributed by atoms with Crippen LogP contribution in [0.25, 0.3) is 0 Å². The summed E-state index contributed by atoms with van der Waals surface area (Å²) in [4.78, 5) is 11.3. The first-order valence-electron chi connectivity index (χ1n) is 11.1. The van der Waals surface area contributed by atoms with E-state index in [0.717, 1.165) is 30.6 Å². The van der Waals surface area contributed by atoms with E-state index in [0.29, 0.717) is 22.3 Å². The Morgan fingerprint density at radius 2 is 1.88 bits per heavy atom. The van der Waals surface area contributed by atoms with Crippen molar-refractivity contribution >= 4 is 14.1 Å². The number of fused-ring (bicyclic) bond motifs is 1. The van der Waals surface area contributed by atoms with Gasteiger partial charge >= 0.3 is 0 Å². The van der Waals surface area contributed by atoms with Gasteiger partial charge in [-0.3, -0.25) is 0 Å². The van der Waals surface area contributed by atoms with Gasteiger partial charge in [-0.2, -0.15) is 0 Å². The van der Waals surface area contributed by atoms with Gasteiger partial charge in [-0.25, -0.2) is 0 Å². The fourth-order valence-corrected chi connectivity index (χ4v) is 7.06. The molecule has 2 aliphatic carbocycles. The molecule has 0 N–H and O–H groups in total. The van der Waals surface area contributed by atoms with E-state index in [9.17, 15) is 4.79 Å². The molecule has 3 heteroatoms. The Balaban J connectivity index is 2.06. The van der Waals surface area contributed by atoms with E-state index in [-0.39, 0.29) is 0 Å². The number of carbonyl (C=O) groups is 1. The van der Waals surface area contributed by atoms with Crippen LogP contribution in [0.4, 0.5) is 0 Å². The predicted octanol–water partition coefficient (Wildman–Crippen LogP) is 6.99. The maximum absolute atomic E-state index is 11.3. The second-order valence-electron chi connectivity index (χ2n) is 11.2. The maximum Gasteiger partial charge on any atom is 0.192 e. The maximum atomic E-state index is 11.3. The molecule has 2 aliphatic rings. The summed E-state index contributed by atoms with van der Waals surface area (Å²) in [5.74, 6) is 2.63. The van der Waals surface area contributed by atoms with Crippen LogP contribution >= 0.6 is 0 Å². The van der Waals surface area contributed by atoms with E-state index in [1.54, 1.807) is 6.92 Å². The van der Waals surface area contributed by atoms with Gasteiger partial charge in [-0.1, -0.05) is 47.5 Å². The summed E-state index contributed by atoms with van der Waals surface area (Å²) >= 11 is 0. The zero-order valence-electron chi connectivity index (χ0n) is 18.8. The summed E-state index contributed by atoms with van der Waals surface area (Å²) in [7, 11) is -1.71. The zero-order valence-corrected chi connectivity index (χ0v) is 19.8. The van der Waals surface area contributed by atoms with Crippen molar-refractivity contribution in [3.63, 3.8) is 0 Å². The normalized spacial score (nSPS) is 33.8. The molecule has 152 valence electrons. The summed E-state index contributed by atoms with van der Waals surface area (Å²) < 4.78 is 6.96. The highest BCUT2D eigenvalue weighted by molar-refractivity contribution is 6.74. The first-order valence-corrected chi connectivity index (χ1v) is 14.0. The van der Waals surface area contributed by atoms with Crippen molar-refractivity contribution in [1.82, 2.24) is 0 Å². The summed E-state index contributed by atoms with van der Waals surface area (Å²) in [5.41, 5.74) is 0.445. The molecule has 2 rings (SSSR count). The summed E-state index contributed by atoms with van der Waals surface area (Å²) in [6.07, 6.45) is 10.2. The molecule has 0 spiro atoms. The van der Waals surface area contributed by atoms with Crippen molar-refractivity contribution in [3.05, 3.63) is 0 Å². The zero-order chi connectivity index (χ0) is 19.8. The van der Waals surface area contributed by atoms with Crippen LogP contribution in [0.3, 0.4) is 0 Å². The molecular formula is C23H44O2Si. The summed E-state index contributed by atoms with van der Waals surface area (Å²) in [5, 5.41) is 0.291. The molecular weight excluding hydrogens is 336 g/mol. The monoisotopic (exact) mass is 380 g/mol. The Hall–Kier alpha value is -0.153. The van der Waals surface area contributed by atoms with Gasteiger partial charge in [0.15, 0.2) is 8.32 Å². The Labute approximate surface area is 164 Å². The molecule has 0 aliphatic heterocycles. The molecule has 2 nitrogen and oxygen atoms in total. The lowest BCUT2D eigenvalue weighted by Gasteiger charge is -2.50. The minimum absolute atomic E-state index is 0.291. The van der Waals surface area contributed by atoms with E-state index in [4.69, 9.17) is 4.43 Å². The first kappa shape index (κ1) is 22.1. The molecule has 0 bridgehead atoms. The van der Waals surface area contributed by atoms with E-state index >= 15 is 0 Å². The molecule has 0 radical (unpaired) electrons. The third-order valence-corrected chi connectivity index (χ3v) is 12.8. The second kappa shape index (κ2) is 8.07.